The number of carboxylic acid groups (broad SMARTS) is 1. The Hall–Kier alpha value is -2.11. The number of hydrogen-bond acceptors (Lipinski definition) is 4. The van der Waals surface area contributed by atoms with Crippen molar-refractivity contribution in [3.63, 3.8) is 0 Å². The molecule has 0 saturated heterocycles. The van der Waals surface area contributed by atoms with Gasteiger partial charge >= 0.3 is 13.5 Å². The van der Waals surface area contributed by atoms with Gasteiger partial charge in [0.2, 0.25) is 0 Å². The molecule has 0 radical (unpaired) electrons. The van der Waals surface area contributed by atoms with Crippen LogP contribution in [0.2, 0.25) is 5.02 Å². The maximum atomic E-state index is 14.0. The van der Waals surface area contributed by atoms with Gasteiger partial charge in [-0.2, -0.15) is 0 Å². The number of benzene rings is 2. The Kier molecular flexibility index (Phi) is 6.73. The summed E-state index contributed by atoms with van der Waals surface area (Å²) in [5.41, 5.74) is 2.95. The largest absolute Gasteiger partial charge is 0.477 e. The summed E-state index contributed by atoms with van der Waals surface area (Å²) in [4.78, 5) is 12.7. The van der Waals surface area contributed by atoms with E-state index >= 15 is 0 Å². The summed E-state index contributed by atoms with van der Waals surface area (Å²) in [7, 11) is -3.59. The third-order valence-corrected chi connectivity index (χ3v) is 8.17. The van der Waals surface area contributed by atoms with E-state index in [9.17, 15) is 14.5 Å². The van der Waals surface area contributed by atoms with E-state index in [-0.39, 0.29) is 16.7 Å². The fourth-order valence-electron chi connectivity index (χ4n) is 3.12. The van der Waals surface area contributed by atoms with Gasteiger partial charge in [0.25, 0.3) is 0 Å². The van der Waals surface area contributed by atoms with Gasteiger partial charge in [0, 0.05) is 9.90 Å². The molecular weight excluding hydrogens is 441 g/mol. The van der Waals surface area contributed by atoms with Crippen LogP contribution in [-0.2, 0) is 9.09 Å². The quantitative estimate of drug-likeness (QED) is 0.379. The van der Waals surface area contributed by atoms with Gasteiger partial charge in [-0.1, -0.05) is 41.4 Å². The Morgan fingerprint density at radius 1 is 1.13 bits per heavy atom. The van der Waals surface area contributed by atoms with E-state index < -0.39 is 13.5 Å². The molecule has 1 aromatic heterocycles. The highest BCUT2D eigenvalue weighted by Crippen LogP contribution is 2.50. The van der Waals surface area contributed by atoms with Crippen molar-refractivity contribution in [2.75, 3.05) is 5.09 Å². The number of carbonyl (C=O) groups is 1. The molecule has 0 bridgehead atoms. The van der Waals surface area contributed by atoms with Gasteiger partial charge in [0.1, 0.15) is 4.88 Å². The molecule has 3 rings (SSSR count). The summed E-state index contributed by atoms with van der Waals surface area (Å²) in [5.74, 6) is -1.10. The van der Waals surface area contributed by atoms with Gasteiger partial charge < -0.3 is 14.7 Å². The maximum Gasteiger partial charge on any atom is 0.348 e. The van der Waals surface area contributed by atoms with Crippen LogP contribution in [0.3, 0.4) is 0 Å². The molecule has 5 nitrogen and oxygen atoms in total. The molecule has 0 aliphatic rings. The molecular formula is C22H23ClNO4PS. The number of carboxylic acids is 1. The predicted octanol–water partition coefficient (Wildman–Crippen LogP) is 6.74. The Balaban J connectivity index is 2.09. The smallest absolute Gasteiger partial charge is 0.348 e. The standard InChI is InChI=1S/C22H23ClNO4PS/c1-13(2)28-29(27,19-10-5-14(3)11-15(19)4)24-18-12-20(30-21(18)22(25)26)16-6-8-17(23)9-7-16/h5-13H,1-4H3,(H,24,27)(H,25,26). The molecule has 0 saturated carbocycles. The summed E-state index contributed by atoms with van der Waals surface area (Å²) >= 11 is 7.07. The fraction of sp³-hybridized carbons (Fsp3) is 0.227. The molecule has 3 aromatic rings. The molecule has 0 aliphatic carbocycles. The monoisotopic (exact) mass is 463 g/mol. The van der Waals surface area contributed by atoms with E-state index in [2.05, 4.69) is 5.09 Å². The molecule has 1 atom stereocenters. The molecule has 0 fully saturated rings. The zero-order valence-electron chi connectivity index (χ0n) is 17.1. The SMILES string of the molecule is Cc1ccc(P(=O)(Nc2cc(-c3ccc(Cl)cc3)sc2C(=O)O)OC(C)C)c(C)c1. The second-order valence-electron chi connectivity index (χ2n) is 7.27. The van der Waals surface area contributed by atoms with Gasteiger partial charge in [-0.05, 0) is 63.1 Å². The van der Waals surface area contributed by atoms with Crippen molar-refractivity contribution in [3.8, 4) is 10.4 Å². The van der Waals surface area contributed by atoms with Crippen molar-refractivity contribution in [2.45, 2.75) is 33.8 Å². The first-order valence-corrected chi connectivity index (χ1v) is 12.2. The number of aromatic carboxylic acids is 1. The van der Waals surface area contributed by atoms with Crippen LogP contribution < -0.4 is 10.4 Å². The van der Waals surface area contributed by atoms with E-state index in [0.29, 0.717) is 10.3 Å². The third-order valence-electron chi connectivity index (χ3n) is 4.35. The van der Waals surface area contributed by atoms with Crippen LogP contribution >= 0.6 is 30.5 Å². The minimum atomic E-state index is -3.59. The maximum absolute atomic E-state index is 14.0. The molecule has 8 heteroatoms. The highest BCUT2D eigenvalue weighted by molar-refractivity contribution is 7.68. The van der Waals surface area contributed by atoms with E-state index in [1.807, 2.05) is 38.1 Å². The van der Waals surface area contributed by atoms with Crippen molar-refractivity contribution in [2.24, 2.45) is 0 Å². The van der Waals surface area contributed by atoms with Crippen LogP contribution in [0.5, 0.6) is 0 Å². The topological polar surface area (TPSA) is 75.6 Å². The van der Waals surface area contributed by atoms with Crippen LogP contribution in [0.25, 0.3) is 10.4 Å². The Bertz CT molecular complexity index is 1120. The summed E-state index contributed by atoms with van der Waals surface area (Å²) in [6.45, 7) is 7.41. The molecule has 30 heavy (non-hydrogen) atoms. The van der Waals surface area contributed by atoms with Crippen LogP contribution in [-0.4, -0.2) is 17.2 Å². The lowest BCUT2D eigenvalue weighted by Gasteiger charge is -2.24. The fourth-order valence-corrected chi connectivity index (χ4v) is 6.46. The van der Waals surface area contributed by atoms with Crippen LogP contribution in [0.1, 0.15) is 34.6 Å². The third kappa shape index (κ3) is 4.96. The first kappa shape index (κ1) is 22.6. The number of thiophene rings is 1. The molecule has 1 heterocycles. The minimum Gasteiger partial charge on any atom is -0.477 e. The minimum absolute atomic E-state index is 0.0669. The normalized spacial score (nSPS) is 13.3. The summed E-state index contributed by atoms with van der Waals surface area (Å²) in [6, 6.07) is 14.4. The highest BCUT2D eigenvalue weighted by Gasteiger charge is 2.32. The first-order chi connectivity index (χ1) is 14.1. The molecule has 1 unspecified atom stereocenters. The Morgan fingerprint density at radius 3 is 2.37 bits per heavy atom. The van der Waals surface area contributed by atoms with Gasteiger partial charge in [-0.15, -0.1) is 11.3 Å². The Morgan fingerprint density at radius 2 is 1.80 bits per heavy atom. The van der Waals surface area contributed by atoms with E-state index in [1.165, 1.54) is 0 Å². The number of nitrogens with one attached hydrogen (secondary N) is 1. The van der Waals surface area contributed by atoms with Crippen molar-refractivity contribution in [1.82, 2.24) is 0 Å². The first-order valence-electron chi connectivity index (χ1n) is 9.36. The summed E-state index contributed by atoms with van der Waals surface area (Å²) < 4.78 is 19.8. The lowest BCUT2D eigenvalue weighted by atomic mass is 10.2. The zero-order chi connectivity index (χ0) is 22.1. The van der Waals surface area contributed by atoms with Crippen molar-refractivity contribution < 1.29 is 19.0 Å². The van der Waals surface area contributed by atoms with Gasteiger partial charge in [-0.3, -0.25) is 4.57 Å². The number of halogens is 1. The van der Waals surface area contributed by atoms with Gasteiger partial charge in [0.05, 0.1) is 17.1 Å². The molecule has 2 aromatic carbocycles. The highest BCUT2D eigenvalue weighted by atomic mass is 35.5. The number of rotatable bonds is 7. The van der Waals surface area contributed by atoms with E-state index in [1.54, 1.807) is 38.1 Å². The van der Waals surface area contributed by atoms with E-state index in [0.717, 1.165) is 32.9 Å². The number of hydrogen-bond donors (Lipinski definition) is 2. The predicted molar refractivity (Wildman–Crippen MR) is 125 cm³/mol. The molecule has 158 valence electrons. The second-order valence-corrected chi connectivity index (χ2v) is 10.8. The Labute approximate surface area is 185 Å². The van der Waals surface area contributed by atoms with Gasteiger partial charge in [-0.25, -0.2) is 4.79 Å². The molecule has 2 N–H and O–H groups in total. The number of anilines is 1. The average molecular weight is 464 g/mol. The summed E-state index contributed by atoms with van der Waals surface area (Å²) in [5, 5.41) is 13.8. The van der Waals surface area contributed by atoms with Crippen molar-refractivity contribution >= 4 is 47.4 Å². The van der Waals surface area contributed by atoms with Crippen molar-refractivity contribution in [1.29, 1.82) is 0 Å². The number of aryl methyl sites for hydroxylation is 2. The molecule has 0 spiro atoms. The molecule has 0 aliphatic heterocycles. The average Bonchev–Trinajstić information content (AvgIpc) is 3.05. The van der Waals surface area contributed by atoms with Crippen LogP contribution in [0, 0.1) is 13.8 Å². The van der Waals surface area contributed by atoms with Gasteiger partial charge in [0.15, 0.2) is 0 Å². The zero-order valence-corrected chi connectivity index (χ0v) is 19.6. The van der Waals surface area contributed by atoms with Crippen LogP contribution in [0.4, 0.5) is 5.69 Å². The lowest BCUT2D eigenvalue weighted by Crippen LogP contribution is -2.20. The molecule has 0 amide bonds. The van der Waals surface area contributed by atoms with E-state index in [4.69, 9.17) is 16.1 Å². The van der Waals surface area contributed by atoms with Crippen LogP contribution in [0.15, 0.2) is 48.5 Å². The second kappa shape index (κ2) is 8.94. The summed E-state index contributed by atoms with van der Waals surface area (Å²) in [6.07, 6.45) is -0.327. The van der Waals surface area contributed by atoms with Crippen molar-refractivity contribution in [3.05, 3.63) is 69.6 Å². The lowest BCUT2D eigenvalue weighted by molar-refractivity contribution is 0.0703.